The van der Waals surface area contributed by atoms with Gasteiger partial charge in [-0.05, 0) is 26.4 Å². The molecule has 0 radical (unpaired) electrons. The van der Waals surface area contributed by atoms with Crippen molar-refractivity contribution in [2.24, 2.45) is 0 Å². The predicted octanol–water partition coefficient (Wildman–Crippen LogP) is -1.17. The van der Waals surface area contributed by atoms with Crippen molar-refractivity contribution in [2.45, 2.75) is 24.9 Å². The van der Waals surface area contributed by atoms with Crippen molar-refractivity contribution in [3.63, 3.8) is 0 Å². The summed E-state index contributed by atoms with van der Waals surface area (Å²) in [7, 11) is 1.99. The summed E-state index contributed by atoms with van der Waals surface area (Å²) in [6.07, 6.45) is 2.14. The summed E-state index contributed by atoms with van der Waals surface area (Å²) in [6.45, 7) is 0.883. The van der Waals surface area contributed by atoms with Gasteiger partial charge in [0.05, 0.1) is 6.61 Å². The Morgan fingerprint density at radius 1 is 1.53 bits per heavy atom. The number of carboxylic acids is 1. The Hall–Kier alpha value is -1.34. The van der Waals surface area contributed by atoms with E-state index in [0.29, 0.717) is 12.6 Å². The van der Waals surface area contributed by atoms with E-state index in [1.165, 1.54) is 0 Å². The molecule has 4 N–H and O–H groups in total. The van der Waals surface area contributed by atoms with Crippen molar-refractivity contribution in [1.29, 1.82) is 0 Å². The van der Waals surface area contributed by atoms with E-state index in [4.69, 9.17) is 10.2 Å². The van der Waals surface area contributed by atoms with Gasteiger partial charge in [0.1, 0.15) is 0 Å². The van der Waals surface area contributed by atoms with Crippen molar-refractivity contribution in [3.05, 3.63) is 0 Å². The number of aliphatic carboxylic acids is 1. The molecule has 1 rings (SSSR count). The molecule has 2 atom stereocenters. The summed E-state index contributed by atoms with van der Waals surface area (Å²) < 4.78 is 0. The van der Waals surface area contributed by atoms with Gasteiger partial charge in [0.25, 0.3) is 0 Å². The number of nitrogens with one attached hydrogen (secondary N) is 2. The van der Waals surface area contributed by atoms with Crippen LogP contribution >= 0.6 is 0 Å². The Morgan fingerprint density at radius 2 is 2.24 bits per heavy atom. The van der Waals surface area contributed by atoms with E-state index >= 15 is 0 Å². The molecule has 0 aromatic heterocycles. The molecular weight excluding hydrogens is 226 g/mol. The molecule has 2 amide bonds. The maximum Gasteiger partial charge on any atom is 0.328 e. The number of hydrogen-bond acceptors (Lipinski definition) is 4. The number of carbonyl (C=O) groups is 2. The molecular formula is C10H19N3O4. The molecule has 0 aromatic carbocycles. The molecule has 1 heterocycles. The first-order chi connectivity index (χ1) is 8.04. The van der Waals surface area contributed by atoms with Crippen LogP contribution in [-0.2, 0) is 4.79 Å². The Bertz CT molecular complexity index is 285. The molecule has 7 heteroatoms. The number of likely N-dealkylation sites (N-methyl/N-ethyl adjacent to an activating group) is 1. The minimum atomic E-state index is -1.25. The predicted molar refractivity (Wildman–Crippen MR) is 60.7 cm³/mol. The van der Waals surface area contributed by atoms with Gasteiger partial charge in [-0.15, -0.1) is 0 Å². The zero-order valence-corrected chi connectivity index (χ0v) is 9.85. The molecule has 7 nitrogen and oxygen atoms in total. The van der Waals surface area contributed by atoms with Crippen molar-refractivity contribution < 1.29 is 19.8 Å². The topological polar surface area (TPSA) is 102 Å². The van der Waals surface area contributed by atoms with E-state index < -0.39 is 24.6 Å². The highest BCUT2D eigenvalue weighted by atomic mass is 16.4. The number of likely N-dealkylation sites (tertiary alicyclic amines) is 1. The van der Waals surface area contributed by atoms with Gasteiger partial charge < -0.3 is 25.7 Å². The first-order valence-electron chi connectivity index (χ1n) is 5.63. The van der Waals surface area contributed by atoms with E-state index in [0.717, 1.165) is 19.4 Å². The highest BCUT2D eigenvalue weighted by Crippen LogP contribution is 2.13. The second-order valence-electron chi connectivity index (χ2n) is 4.20. The number of hydrogen-bond donors (Lipinski definition) is 4. The van der Waals surface area contributed by atoms with Crippen molar-refractivity contribution in [1.82, 2.24) is 15.5 Å². The molecule has 1 fully saturated rings. The lowest BCUT2D eigenvalue weighted by Crippen LogP contribution is -2.50. The Labute approximate surface area is 99.8 Å². The summed E-state index contributed by atoms with van der Waals surface area (Å²) in [6, 6.07) is -1.51. The largest absolute Gasteiger partial charge is 0.480 e. The van der Waals surface area contributed by atoms with E-state index in [2.05, 4.69) is 15.5 Å². The van der Waals surface area contributed by atoms with Gasteiger partial charge in [-0.1, -0.05) is 0 Å². The number of urea groups is 1. The lowest BCUT2D eigenvalue weighted by molar-refractivity contribution is -0.140. The molecule has 0 bridgehead atoms. The lowest BCUT2D eigenvalue weighted by Gasteiger charge is -2.20. The fourth-order valence-corrected chi connectivity index (χ4v) is 1.84. The first kappa shape index (κ1) is 13.7. The maximum absolute atomic E-state index is 11.4. The number of nitrogens with zero attached hydrogens (tertiary/aromatic N) is 1. The summed E-state index contributed by atoms with van der Waals surface area (Å²) in [5, 5.41) is 22.2. The minimum Gasteiger partial charge on any atom is -0.480 e. The van der Waals surface area contributed by atoms with Gasteiger partial charge in [0, 0.05) is 12.6 Å². The van der Waals surface area contributed by atoms with Gasteiger partial charge in [0.2, 0.25) is 0 Å². The number of carboxylic acid groups (broad SMARTS) is 1. The fraction of sp³-hybridized carbons (Fsp3) is 0.800. The quantitative estimate of drug-likeness (QED) is 0.488. The van der Waals surface area contributed by atoms with Crippen LogP contribution in [0.25, 0.3) is 0 Å². The van der Waals surface area contributed by atoms with Crippen LogP contribution in [0.15, 0.2) is 0 Å². The van der Waals surface area contributed by atoms with Gasteiger partial charge in [-0.2, -0.15) is 0 Å². The van der Waals surface area contributed by atoms with Crippen LogP contribution in [0.2, 0.25) is 0 Å². The minimum absolute atomic E-state index is 0.304. The molecule has 0 spiro atoms. The van der Waals surface area contributed by atoms with Crippen molar-refractivity contribution in [3.8, 4) is 0 Å². The zero-order chi connectivity index (χ0) is 12.8. The van der Waals surface area contributed by atoms with Crippen molar-refractivity contribution in [2.75, 3.05) is 26.7 Å². The van der Waals surface area contributed by atoms with Crippen LogP contribution in [0.5, 0.6) is 0 Å². The van der Waals surface area contributed by atoms with Crippen LogP contribution in [-0.4, -0.2) is 65.9 Å². The lowest BCUT2D eigenvalue weighted by atomic mass is 10.2. The number of aliphatic hydroxyl groups excluding tert-OH is 1. The third-order valence-electron chi connectivity index (χ3n) is 2.96. The molecule has 1 unspecified atom stereocenters. The first-order valence-corrected chi connectivity index (χ1v) is 5.63. The third-order valence-corrected chi connectivity index (χ3v) is 2.96. The molecule has 0 aliphatic carbocycles. The summed E-state index contributed by atoms with van der Waals surface area (Å²) in [5.41, 5.74) is 0. The van der Waals surface area contributed by atoms with E-state index in [-0.39, 0.29) is 0 Å². The second-order valence-corrected chi connectivity index (χ2v) is 4.20. The van der Waals surface area contributed by atoms with Crippen molar-refractivity contribution >= 4 is 12.0 Å². The Balaban J connectivity index is 2.27. The SMILES string of the molecule is CN1CCCC1CNC(=O)N[C@H](CO)C(=O)O. The Morgan fingerprint density at radius 3 is 2.71 bits per heavy atom. The normalized spacial score (nSPS) is 22.1. The van der Waals surface area contributed by atoms with E-state index in [1.54, 1.807) is 0 Å². The highest BCUT2D eigenvalue weighted by Gasteiger charge is 2.22. The third kappa shape index (κ3) is 4.20. The Kier molecular flexibility index (Phi) is 5.17. The number of amides is 2. The summed E-state index contributed by atoms with van der Waals surface area (Å²) >= 11 is 0. The average Bonchev–Trinajstić information content (AvgIpc) is 2.68. The number of rotatable bonds is 5. The van der Waals surface area contributed by atoms with Crippen LogP contribution in [0, 0.1) is 0 Å². The maximum atomic E-state index is 11.4. The number of aliphatic hydroxyl groups is 1. The van der Waals surface area contributed by atoms with Crippen LogP contribution in [0.3, 0.4) is 0 Å². The summed E-state index contributed by atoms with van der Waals surface area (Å²) in [4.78, 5) is 24.1. The standard InChI is InChI=1S/C10H19N3O4/c1-13-4-2-3-7(13)5-11-10(17)12-8(6-14)9(15)16/h7-8,14H,2-6H2,1H3,(H,15,16)(H2,11,12,17)/t7?,8-/m1/s1. The van der Waals surface area contributed by atoms with Crippen LogP contribution < -0.4 is 10.6 Å². The van der Waals surface area contributed by atoms with Gasteiger partial charge in [-0.25, -0.2) is 9.59 Å². The van der Waals surface area contributed by atoms with Gasteiger partial charge in [0.15, 0.2) is 6.04 Å². The monoisotopic (exact) mass is 245 g/mol. The molecule has 0 aromatic rings. The van der Waals surface area contributed by atoms with Gasteiger partial charge in [-0.3, -0.25) is 0 Å². The smallest absolute Gasteiger partial charge is 0.328 e. The van der Waals surface area contributed by atoms with Crippen LogP contribution in [0.4, 0.5) is 4.79 Å². The molecule has 1 aliphatic rings. The molecule has 1 saturated heterocycles. The molecule has 0 saturated carbocycles. The van der Waals surface area contributed by atoms with Gasteiger partial charge >= 0.3 is 12.0 Å². The molecule has 98 valence electrons. The average molecular weight is 245 g/mol. The summed E-state index contributed by atoms with van der Waals surface area (Å²) in [5.74, 6) is -1.25. The zero-order valence-electron chi connectivity index (χ0n) is 9.85. The fourth-order valence-electron chi connectivity index (χ4n) is 1.84. The molecule has 17 heavy (non-hydrogen) atoms. The number of carbonyl (C=O) groups excluding carboxylic acids is 1. The second kappa shape index (κ2) is 6.41. The van der Waals surface area contributed by atoms with E-state index in [9.17, 15) is 9.59 Å². The highest BCUT2D eigenvalue weighted by molar-refractivity contribution is 5.82. The van der Waals surface area contributed by atoms with E-state index in [1.807, 2.05) is 7.05 Å². The van der Waals surface area contributed by atoms with Crippen LogP contribution in [0.1, 0.15) is 12.8 Å². The molecule has 1 aliphatic heterocycles.